The van der Waals surface area contributed by atoms with Crippen LogP contribution >= 0.6 is 11.6 Å². The number of rotatable bonds is 6. The Labute approximate surface area is 185 Å². The van der Waals surface area contributed by atoms with E-state index in [1.807, 2.05) is 53.7 Å². The minimum Gasteiger partial charge on any atom is -0.384 e. The number of nitrogens with two attached hydrogens (primary N) is 1. The predicted octanol–water partition coefficient (Wildman–Crippen LogP) is 2.91. The molecule has 1 heterocycles. The van der Waals surface area contributed by atoms with Crippen LogP contribution in [0, 0.1) is 17.3 Å². The van der Waals surface area contributed by atoms with Crippen LogP contribution in [0.3, 0.4) is 0 Å². The monoisotopic (exact) mass is 437 g/mol. The Balaban J connectivity index is 2.19. The van der Waals surface area contributed by atoms with Gasteiger partial charge in [-0.2, -0.15) is 0 Å². The Morgan fingerprint density at radius 3 is 2.17 bits per heavy atom. The molecule has 0 saturated carbocycles. The molecule has 0 aromatic heterocycles. The van der Waals surface area contributed by atoms with E-state index in [0.717, 1.165) is 5.56 Å². The number of nitrogens with zero attached hydrogens (tertiary/aromatic N) is 1. The molecule has 0 radical (unpaired) electrons. The van der Waals surface area contributed by atoms with Gasteiger partial charge < -0.3 is 21.1 Å². The number of hydrogen-bond donors (Lipinski definition) is 3. The zero-order valence-electron chi connectivity index (χ0n) is 18.9. The average molecular weight is 438 g/mol. The van der Waals surface area contributed by atoms with Gasteiger partial charge in [0.05, 0.1) is 11.6 Å². The molecule has 7 heteroatoms. The van der Waals surface area contributed by atoms with E-state index in [9.17, 15) is 14.7 Å². The van der Waals surface area contributed by atoms with Gasteiger partial charge >= 0.3 is 0 Å². The van der Waals surface area contributed by atoms with Crippen LogP contribution in [0.5, 0.6) is 0 Å². The lowest BCUT2D eigenvalue weighted by Gasteiger charge is -2.51. The van der Waals surface area contributed by atoms with Gasteiger partial charge in [-0.05, 0) is 36.0 Å². The van der Waals surface area contributed by atoms with Gasteiger partial charge in [-0.3, -0.25) is 9.59 Å². The number of hydrogen-bond acceptors (Lipinski definition) is 4. The third-order valence-electron chi connectivity index (χ3n) is 6.33. The molecule has 1 fully saturated rings. The fourth-order valence-electron chi connectivity index (χ4n) is 4.03. The van der Waals surface area contributed by atoms with Crippen molar-refractivity contribution in [2.75, 3.05) is 13.1 Å². The molecule has 0 spiro atoms. The molecule has 1 aromatic rings. The second kappa shape index (κ2) is 9.25. The largest absolute Gasteiger partial charge is 0.384 e. The van der Waals surface area contributed by atoms with E-state index in [1.54, 1.807) is 17.0 Å². The molecule has 0 aliphatic carbocycles. The molecule has 168 valence electrons. The summed E-state index contributed by atoms with van der Waals surface area (Å²) in [5, 5.41) is 15.0. The van der Waals surface area contributed by atoms with Crippen molar-refractivity contribution in [3.8, 4) is 0 Å². The summed E-state index contributed by atoms with van der Waals surface area (Å²) in [6, 6.07) is 5.90. The zero-order chi connectivity index (χ0) is 22.9. The summed E-state index contributed by atoms with van der Waals surface area (Å²) >= 11 is 6.00. The fraction of sp³-hybridized carbons (Fsp3) is 0.652. The first-order chi connectivity index (χ1) is 13.8. The number of aliphatic hydroxyl groups is 1. The Morgan fingerprint density at radius 1 is 1.13 bits per heavy atom. The average Bonchev–Trinajstić information content (AvgIpc) is 2.66. The molecular weight excluding hydrogens is 402 g/mol. The quantitative estimate of drug-likeness (QED) is 0.637. The zero-order valence-corrected chi connectivity index (χ0v) is 19.7. The predicted molar refractivity (Wildman–Crippen MR) is 120 cm³/mol. The second-order valence-electron chi connectivity index (χ2n) is 9.76. The van der Waals surface area contributed by atoms with Crippen molar-refractivity contribution in [2.24, 2.45) is 23.0 Å². The minimum atomic E-state index is -1.08. The van der Waals surface area contributed by atoms with Crippen molar-refractivity contribution < 1.29 is 14.7 Å². The number of piperidine rings is 1. The Kier molecular flexibility index (Phi) is 7.59. The number of amides is 2. The lowest BCUT2D eigenvalue weighted by Crippen LogP contribution is -2.61. The third-order valence-corrected chi connectivity index (χ3v) is 6.59. The first-order valence-electron chi connectivity index (χ1n) is 10.6. The molecule has 2 amide bonds. The molecule has 1 aliphatic heterocycles. The van der Waals surface area contributed by atoms with Crippen molar-refractivity contribution in [2.45, 2.75) is 65.6 Å². The fourth-order valence-corrected chi connectivity index (χ4v) is 4.16. The molecule has 1 saturated heterocycles. The highest BCUT2D eigenvalue weighted by Gasteiger charge is 2.50. The summed E-state index contributed by atoms with van der Waals surface area (Å²) in [6.07, 6.45) is 0.400. The number of halogens is 1. The van der Waals surface area contributed by atoms with Crippen molar-refractivity contribution >= 4 is 23.4 Å². The maximum Gasteiger partial charge on any atom is 0.245 e. The van der Waals surface area contributed by atoms with Crippen molar-refractivity contribution in [3.05, 3.63) is 34.9 Å². The van der Waals surface area contributed by atoms with Gasteiger partial charge in [-0.1, -0.05) is 65.3 Å². The SMILES string of the molecule is CC(C)[C@H](N)C(=O)N[C@@H](C(=O)N1CC[C@](O)(c2ccc(Cl)cc2)C(C)(C)C1)C(C)C. The summed E-state index contributed by atoms with van der Waals surface area (Å²) in [5.41, 5.74) is 5.09. The van der Waals surface area contributed by atoms with Crippen LogP contribution in [0.2, 0.25) is 5.02 Å². The smallest absolute Gasteiger partial charge is 0.245 e. The van der Waals surface area contributed by atoms with E-state index < -0.39 is 23.1 Å². The first-order valence-corrected chi connectivity index (χ1v) is 11.0. The number of carbonyl (C=O) groups excluding carboxylic acids is 2. The van der Waals surface area contributed by atoms with E-state index in [0.29, 0.717) is 24.5 Å². The normalized spacial score (nSPS) is 23.4. The van der Waals surface area contributed by atoms with Crippen LogP contribution in [0.1, 0.15) is 53.5 Å². The number of likely N-dealkylation sites (tertiary alicyclic amines) is 1. The van der Waals surface area contributed by atoms with Gasteiger partial charge in [0, 0.05) is 23.5 Å². The van der Waals surface area contributed by atoms with Crippen LogP contribution in [0.4, 0.5) is 0 Å². The van der Waals surface area contributed by atoms with Crippen LogP contribution < -0.4 is 11.1 Å². The van der Waals surface area contributed by atoms with Crippen molar-refractivity contribution in [1.29, 1.82) is 0 Å². The molecule has 0 bridgehead atoms. The van der Waals surface area contributed by atoms with Crippen LogP contribution in [0.25, 0.3) is 0 Å². The van der Waals surface area contributed by atoms with Gasteiger partial charge in [0.2, 0.25) is 11.8 Å². The number of benzene rings is 1. The molecule has 6 nitrogen and oxygen atoms in total. The Morgan fingerprint density at radius 2 is 1.70 bits per heavy atom. The van der Waals surface area contributed by atoms with E-state index in [1.165, 1.54) is 0 Å². The highest BCUT2D eigenvalue weighted by Crippen LogP contribution is 2.46. The Bertz CT molecular complexity index is 763. The molecule has 3 atom stereocenters. The molecule has 4 N–H and O–H groups in total. The van der Waals surface area contributed by atoms with Gasteiger partial charge in [0.15, 0.2) is 0 Å². The van der Waals surface area contributed by atoms with E-state index in [-0.39, 0.29) is 23.7 Å². The molecule has 1 aromatic carbocycles. The van der Waals surface area contributed by atoms with E-state index >= 15 is 0 Å². The van der Waals surface area contributed by atoms with Crippen LogP contribution in [0.15, 0.2) is 24.3 Å². The van der Waals surface area contributed by atoms with Crippen molar-refractivity contribution in [3.63, 3.8) is 0 Å². The standard InChI is InChI=1S/C23H36ClN3O3/c1-14(2)18(25)20(28)26-19(15(3)4)21(29)27-12-11-23(30,22(5,6)13-27)16-7-9-17(24)10-8-16/h7-10,14-15,18-19,30H,11-13,25H2,1-6H3,(H,26,28)/t18-,19+,23-/m0/s1. The molecule has 1 aliphatic rings. The Hall–Kier alpha value is -1.63. The second-order valence-corrected chi connectivity index (χ2v) is 10.2. The third kappa shape index (κ3) is 4.98. The summed E-state index contributed by atoms with van der Waals surface area (Å²) in [7, 11) is 0. The summed E-state index contributed by atoms with van der Waals surface area (Å²) in [4.78, 5) is 27.5. The molecular formula is C23H36ClN3O3. The van der Waals surface area contributed by atoms with Gasteiger partial charge in [-0.15, -0.1) is 0 Å². The maximum atomic E-state index is 13.3. The lowest BCUT2D eigenvalue weighted by atomic mass is 9.66. The maximum absolute atomic E-state index is 13.3. The highest BCUT2D eigenvalue weighted by atomic mass is 35.5. The van der Waals surface area contributed by atoms with Crippen molar-refractivity contribution in [1.82, 2.24) is 10.2 Å². The lowest BCUT2D eigenvalue weighted by molar-refractivity contribution is -0.156. The number of carbonyl (C=O) groups is 2. The van der Waals surface area contributed by atoms with Crippen LogP contribution in [-0.4, -0.2) is 47.0 Å². The van der Waals surface area contributed by atoms with Gasteiger partial charge in [0.25, 0.3) is 0 Å². The van der Waals surface area contributed by atoms with E-state index in [4.69, 9.17) is 17.3 Å². The molecule has 2 rings (SSSR count). The first kappa shape index (κ1) is 24.6. The van der Waals surface area contributed by atoms with Crippen LogP contribution in [-0.2, 0) is 15.2 Å². The summed E-state index contributed by atoms with van der Waals surface area (Å²) in [5.74, 6) is -0.552. The minimum absolute atomic E-state index is 0.0174. The topological polar surface area (TPSA) is 95.7 Å². The summed E-state index contributed by atoms with van der Waals surface area (Å²) < 4.78 is 0. The van der Waals surface area contributed by atoms with Gasteiger partial charge in [-0.25, -0.2) is 0 Å². The van der Waals surface area contributed by atoms with Gasteiger partial charge in [0.1, 0.15) is 6.04 Å². The number of nitrogens with one attached hydrogen (secondary N) is 1. The summed E-state index contributed by atoms with van der Waals surface area (Å²) in [6.45, 7) is 12.3. The van der Waals surface area contributed by atoms with E-state index in [2.05, 4.69) is 5.32 Å². The molecule has 0 unspecified atom stereocenters. The molecule has 30 heavy (non-hydrogen) atoms. The highest BCUT2D eigenvalue weighted by molar-refractivity contribution is 6.30.